The minimum absolute atomic E-state index is 0.0507. The molecule has 0 bridgehead atoms. The van der Waals surface area contributed by atoms with Crippen LogP contribution in [0.3, 0.4) is 0 Å². The number of carbonyl (C=O) groups is 1. The molecular weight excluding hydrogens is 436 g/mol. The van der Waals surface area contributed by atoms with Crippen LogP contribution in [-0.2, 0) is 4.79 Å². The van der Waals surface area contributed by atoms with Crippen molar-refractivity contribution in [3.8, 4) is 11.8 Å². The van der Waals surface area contributed by atoms with Gasteiger partial charge in [-0.1, -0.05) is 42.5 Å². The second-order valence-electron chi connectivity index (χ2n) is 7.42. The van der Waals surface area contributed by atoms with Crippen LogP contribution in [0, 0.1) is 17.1 Å². The molecule has 0 aliphatic heterocycles. The van der Waals surface area contributed by atoms with Gasteiger partial charge in [0.05, 0.1) is 30.3 Å². The number of hydrogen-bond donors (Lipinski definition) is 3. The van der Waals surface area contributed by atoms with Gasteiger partial charge in [-0.2, -0.15) is 5.26 Å². The number of nitriles is 1. The molecule has 9 heteroatoms. The fourth-order valence-corrected chi connectivity index (χ4v) is 3.27. The van der Waals surface area contributed by atoms with Crippen molar-refractivity contribution in [3.63, 3.8) is 0 Å². The summed E-state index contributed by atoms with van der Waals surface area (Å²) in [6.07, 6.45) is 3.01. The Balaban J connectivity index is 1.62. The smallest absolute Gasteiger partial charge is 0.453 e. The van der Waals surface area contributed by atoms with Gasteiger partial charge in [0, 0.05) is 12.5 Å². The van der Waals surface area contributed by atoms with Gasteiger partial charge in [0.25, 0.3) is 0 Å². The van der Waals surface area contributed by atoms with E-state index in [0.29, 0.717) is 16.8 Å². The van der Waals surface area contributed by atoms with Gasteiger partial charge in [0.15, 0.2) is 11.6 Å². The summed E-state index contributed by atoms with van der Waals surface area (Å²) in [5.74, 6) is -1.03. The number of benzene rings is 2. The fourth-order valence-electron chi connectivity index (χ4n) is 3.27. The van der Waals surface area contributed by atoms with E-state index in [1.54, 1.807) is 54.7 Å². The molecule has 7 nitrogen and oxygen atoms in total. The lowest BCUT2D eigenvalue weighted by Gasteiger charge is -2.19. The number of nitrogens with zero attached hydrogens (tertiary/aromatic N) is 2. The zero-order valence-corrected chi connectivity index (χ0v) is 18.3. The van der Waals surface area contributed by atoms with Gasteiger partial charge in [-0.3, -0.25) is 9.78 Å². The fraction of sp³-hybridized carbons (Fsp3) is 0.160. The maximum Gasteiger partial charge on any atom is 0.453 e. The third kappa shape index (κ3) is 7.27. The van der Waals surface area contributed by atoms with E-state index < -0.39 is 19.0 Å². The van der Waals surface area contributed by atoms with Crippen LogP contribution in [0.1, 0.15) is 29.3 Å². The van der Waals surface area contributed by atoms with E-state index in [4.69, 9.17) is 4.74 Å². The second kappa shape index (κ2) is 12.3. The van der Waals surface area contributed by atoms with Gasteiger partial charge >= 0.3 is 7.12 Å². The van der Waals surface area contributed by atoms with Crippen molar-refractivity contribution in [1.29, 1.82) is 5.26 Å². The first-order valence-corrected chi connectivity index (χ1v) is 10.6. The van der Waals surface area contributed by atoms with Gasteiger partial charge in [0.2, 0.25) is 5.91 Å². The van der Waals surface area contributed by atoms with E-state index in [2.05, 4.69) is 16.4 Å². The zero-order chi connectivity index (χ0) is 24.3. The molecule has 0 saturated carbocycles. The van der Waals surface area contributed by atoms with E-state index in [-0.39, 0.29) is 31.0 Å². The highest BCUT2D eigenvalue weighted by atomic mass is 19.1. The molecule has 1 aromatic heterocycles. The summed E-state index contributed by atoms with van der Waals surface area (Å²) in [7, 11) is -1.59. The molecule has 3 aromatic rings. The Bertz CT molecular complexity index is 1170. The Hall–Kier alpha value is -4.00. The van der Waals surface area contributed by atoms with Crippen LogP contribution in [0.5, 0.6) is 5.75 Å². The molecule has 0 unspecified atom stereocenters. The van der Waals surface area contributed by atoms with Crippen LogP contribution >= 0.6 is 0 Å². The standard InChI is InChI=1S/C25H23BFN3O4/c27-21-10-9-18(14-20(17-28)22-8-4-5-12-29-22)15-24(21)34-13-11-25(31)30-23(16-26(32)33)19-6-2-1-3-7-19/h1-10,12,14-15,23,32-33H,11,13,16H2,(H,30,31)/t23-/m0/s1. The summed E-state index contributed by atoms with van der Waals surface area (Å²) in [4.78, 5) is 16.5. The van der Waals surface area contributed by atoms with Crippen molar-refractivity contribution in [1.82, 2.24) is 10.3 Å². The summed E-state index contributed by atoms with van der Waals surface area (Å²) < 4.78 is 19.7. The lowest BCUT2D eigenvalue weighted by atomic mass is 9.79. The molecule has 2 aromatic carbocycles. The van der Waals surface area contributed by atoms with Gasteiger partial charge in [0.1, 0.15) is 6.07 Å². The maximum absolute atomic E-state index is 14.2. The van der Waals surface area contributed by atoms with Crippen LogP contribution in [-0.4, -0.2) is 34.7 Å². The number of nitrogens with one attached hydrogen (secondary N) is 1. The topological polar surface area (TPSA) is 115 Å². The molecule has 3 rings (SSSR count). The maximum atomic E-state index is 14.2. The molecule has 3 N–H and O–H groups in total. The molecule has 0 radical (unpaired) electrons. The number of halogens is 1. The number of aromatic nitrogens is 1. The molecular formula is C25H23BFN3O4. The van der Waals surface area contributed by atoms with Crippen LogP contribution in [0.25, 0.3) is 11.6 Å². The summed E-state index contributed by atoms with van der Waals surface area (Å²) in [5, 5.41) is 30.9. The monoisotopic (exact) mass is 459 g/mol. The van der Waals surface area contributed by atoms with E-state index in [1.807, 2.05) is 6.07 Å². The van der Waals surface area contributed by atoms with Crippen molar-refractivity contribution in [3.05, 3.63) is 95.6 Å². The van der Waals surface area contributed by atoms with Gasteiger partial charge in [-0.05, 0) is 41.5 Å². The molecule has 34 heavy (non-hydrogen) atoms. The van der Waals surface area contributed by atoms with Crippen LogP contribution in [0.2, 0.25) is 6.32 Å². The van der Waals surface area contributed by atoms with Crippen molar-refractivity contribution < 1.29 is 24.0 Å². The van der Waals surface area contributed by atoms with Crippen molar-refractivity contribution in [2.45, 2.75) is 18.8 Å². The number of allylic oxidation sites excluding steroid dienone is 1. The Morgan fingerprint density at radius 2 is 1.94 bits per heavy atom. The van der Waals surface area contributed by atoms with Gasteiger partial charge < -0.3 is 20.1 Å². The first kappa shape index (κ1) is 24.6. The number of carbonyl (C=O) groups excluding carboxylic acids is 1. The van der Waals surface area contributed by atoms with Crippen LogP contribution in [0.15, 0.2) is 72.9 Å². The largest absolute Gasteiger partial charge is 0.490 e. The van der Waals surface area contributed by atoms with E-state index in [1.165, 1.54) is 18.2 Å². The highest BCUT2D eigenvalue weighted by molar-refractivity contribution is 6.41. The lowest BCUT2D eigenvalue weighted by molar-refractivity contribution is -0.122. The van der Waals surface area contributed by atoms with Crippen molar-refractivity contribution in [2.24, 2.45) is 0 Å². The molecule has 0 aliphatic carbocycles. The molecule has 0 aliphatic rings. The molecule has 172 valence electrons. The molecule has 1 amide bonds. The summed E-state index contributed by atoms with van der Waals surface area (Å²) in [6.45, 7) is -0.0928. The number of amides is 1. The number of ether oxygens (including phenoxy) is 1. The Kier molecular flexibility index (Phi) is 8.92. The van der Waals surface area contributed by atoms with Gasteiger partial charge in [-0.25, -0.2) is 4.39 Å². The molecule has 0 spiro atoms. The Labute approximate surface area is 197 Å². The van der Waals surface area contributed by atoms with Crippen molar-refractivity contribution >= 4 is 24.7 Å². The van der Waals surface area contributed by atoms with E-state index >= 15 is 0 Å². The number of rotatable bonds is 10. The number of pyridine rings is 1. The summed E-state index contributed by atoms with van der Waals surface area (Å²) in [6, 6.07) is 19.8. The average Bonchev–Trinajstić information content (AvgIpc) is 2.84. The van der Waals surface area contributed by atoms with Gasteiger partial charge in [-0.15, -0.1) is 0 Å². The highest BCUT2D eigenvalue weighted by Crippen LogP contribution is 2.23. The first-order valence-electron chi connectivity index (χ1n) is 10.6. The predicted octanol–water partition coefficient (Wildman–Crippen LogP) is 3.38. The number of hydrogen-bond acceptors (Lipinski definition) is 6. The van der Waals surface area contributed by atoms with Crippen LogP contribution in [0.4, 0.5) is 4.39 Å². The van der Waals surface area contributed by atoms with E-state index in [0.717, 1.165) is 5.56 Å². The molecule has 0 saturated heterocycles. The van der Waals surface area contributed by atoms with Crippen LogP contribution < -0.4 is 10.1 Å². The summed E-state index contributed by atoms with van der Waals surface area (Å²) >= 11 is 0. The Morgan fingerprint density at radius 1 is 1.18 bits per heavy atom. The average molecular weight is 459 g/mol. The predicted molar refractivity (Wildman–Crippen MR) is 127 cm³/mol. The molecule has 0 fully saturated rings. The van der Waals surface area contributed by atoms with Crippen molar-refractivity contribution in [2.75, 3.05) is 6.61 Å². The molecule has 1 atom stereocenters. The summed E-state index contributed by atoms with van der Waals surface area (Å²) in [5.41, 5.74) is 2.09. The Morgan fingerprint density at radius 3 is 2.62 bits per heavy atom. The quantitative estimate of drug-likeness (QED) is 0.316. The lowest BCUT2D eigenvalue weighted by Crippen LogP contribution is -2.32. The SMILES string of the molecule is N#CC(=Cc1ccc(F)c(OCCC(=O)N[C@@H](CB(O)O)c2ccccc2)c1)c1ccccn1. The minimum atomic E-state index is -1.59. The highest BCUT2D eigenvalue weighted by Gasteiger charge is 2.21. The normalized spacial score (nSPS) is 11.9. The first-order chi connectivity index (χ1) is 16.5. The zero-order valence-electron chi connectivity index (χ0n) is 18.3. The molecule has 1 heterocycles. The minimum Gasteiger partial charge on any atom is -0.490 e. The second-order valence-corrected chi connectivity index (χ2v) is 7.42. The third-order valence-corrected chi connectivity index (χ3v) is 4.90. The third-order valence-electron chi connectivity index (χ3n) is 4.90. The van der Waals surface area contributed by atoms with E-state index in [9.17, 15) is 24.5 Å².